The van der Waals surface area contributed by atoms with Crippen molar-refractivity contribution in [1.29, 1.82) is 0 Å². The molecule has 0 amide bonds. The Hall–Kier alpha value is -0.990. The van der Waals surface area contributed by atoms with Crippen molar-refractivity contribution in [1.82, 2.24) is 4.98 Å². The molecule has 0 saturated carbocycles. The molecule has 2 rings (SSSR count). The average Bonchev–Trinajstić information content (AvgIpc) is 2.50. The van der Waals surface area contributed by atoms with Crippen LogP contribution in [0.25, 0.3) is 10.9 Å². The number of aliphatic hydroxyl groups is 1. The molecule has 0 unspecified atom stereocenters. The first-order chi connectivity index (χ1) is 6.50. The van der Waals surface area contributed by atoms with Crippen molar-refractivity contribution in [2.45, 2.75) is 19.4 Å². The molecule has 0 spiro atoms. The van der Waals surface area contributed by atoms with Gasteiger partial charge in [0.15, 0.2) is 0 Å². The molecule has 0 aliphatic rings. The number of aromatic nitrogens is 1. The predicted molar refractivity (Wildman–Crippen MR) is 58.6 cm³/mol. The second kappa shape index (κ2) is 3.01. The van der Waals surface area contributed by atoms with Crippen LogP contribution < -0.4 is 0 Å². The van der Waals surface area contributed by atoms with Gasteiger partial charge in [-0.1, -0.05) is 17.7 Å². The van der Waals surface area contributed by atoms with Crippen molar-refractivity contribution >= 4 is 22.5 Å². The third kappa shape index (κ3) is 1.41. The average molecular weight is 210 g/mol. The minimum Gasteiger partial charge on any atom is -0.386 e. The second-order valence-electron chi connectivity index (χ2n) is 3.92. The van der Waals surface area contributed by atoms with E-state index in [9.17, 15) is 5.11 Å². The van der Waals surface area contributed by atoms with Gasteiger partial charge in [-0.15, -0.1) is 0 Å². The fraction of sp³-hybridized carbons (Fsp3) is 0.273. The summed E-state index contributed by atoms with van der Waals surface area (Å²) in [6.07, 6.45) is 1.83. The van der Waals surface area contributed by atoms with E-state index in [-0.39, 0.29) is 0 Å². The third-order valence-corrected chi connectivity index (χ3v) is 2.66. The number of nitrogens with one attached hydrogen (secondary N) is 1. The molecular weight excluding hydrogens is 198 g/mol. The van der Waals surface area contributed by atoms with E-state index in [0.29, 0.717) is 5.02 Å². The Balaban J connectivity index is 2.80. The lowest BCUT2D eigenvalue weighted by Crippen LogP contribution is -2.15. The van der Waals surface area contributed by atoms with Gasteiger partial charge in [-0.25, -0.2) is 0 Å². The van der Waals surface area contributed by atoms with Gasteiger partial charge in [-0.2, -0.15) is 0 Å². The first kappa shape index (κ1) is 9.56. The van der Waals surface area contributed by atoms with Crippen LogP contribution in [0, 0.1) is 0 Å². The predicted octanol–water partition coefficient (Wildman–Crippen LogP) is 3.05. The van der Waals surface area contributed by atoms with Crippen LogP contribution >= 0.6 is 11.6 Å². The lowest BCUT2D eigenvalue weighted by molar-refractivity contribution is 0.0800. The smallest absolute Gasteiger partial charge is 0.0860 e. The summed E-state index contributed by atoms with van der Waals surface area (Å²) in [6.45, 7) is 3.52. The number of aromatic amines is 1. The maximum Gasteiger partial charge on any atom is 0.0860 e. The number of benzene rings is 1. The Kier molecular flexibility index (Phi) is 2.05. The van der Waals surface area contributed by atoms with E-state index in [1.807, 2.05) is 24.4 Å². The number of fused-ring (bicyclic) bond motifs is 1. The van der Waals surface area contributed by atoms with Gasteiger partial charge in [0.05, 0.1) is 11.1 Å². The van der Waals surface area contributed by atoms with Gasteiger partial charge in [0.25, 0.3) is 0 Å². The highest BCUT2D eigenvalue weighted by atomic mass is 35.5. The summed E-state index contributed by atoms with van der Waals surface area (Å²) in [5.74, 6) is 0. The maximum absolute atomic E-state index is 9.93. The molecular formula is C11H12ClNO. The van der Waals surface area contributed by atoms with Crippen LogP contribution in [0.5, 0.6) is 0 Å². The number of rotatable bonds is 1. The van der Waals surface area contributed by atoms with Gasteiger partial charge in [-0.3, -0.25) is 0 Å². The Morgan fingerprint density at radius 3 is 2.64 bits per heavy atom. The molecule has 3 heteroatoms. The van der Waals surface area contributed by atoms with Crippen LogP contribution in [0.2, 0.25) is 5.02 Å². The Labute approximate surface area is 87.5 Å². The van der Waals surface area contributed by atoms with Gasteiger partial charge >= 0.3 is 0 Å². The molecule has 0 radical (unpaired) electrons. The molecule has 2 N–H and O–H groups in total. The number of H-pyrrole nitrogens is 1. The highest BCUT2D eigenvalue weighted by molar-refractivity contribution is 6.35. The SMILES string of the molecule is CC(C)(O)c1ccc(Cl)c2cc[nH]c12. The van der Waals surface area contributed by atoms with Crippen LogP contribution in [0.1, 0.15) is 19.4 Å². The Morgan fingerprint density at radius 1 is 1.29 bits per heavy atom. The fourth-order valence-electron chi connectivity index (χ4n) is 1.63. The molecule has 1 aromatic carbocycles. The molecule has 1 heterocycles. The van der Waals surface area contributed by atoms with Gasteiger partial charge in [0.1, 0.15) is 0 Å². The minimum absolute atomic E-state index is 0.703. The summed E-state index contributed by atoms with van der Waals surface area (Å²) in [6, 6.07) is 5.57. The zero-order chi connectivity index (χ0) is 10.3. The number of halogens is 1. The van der Waals surface area contributed by atoms with Gasteiger partial charge in [0, 0.05) is 22.2 Å². The quantitative estimate of drug-likeness (QED) is 0.744. The summed E-state index contributed by atoms with van der Waals surface area (Å²) < 4.78 is 0. The summed E-state index contributed by atoms with van der Waals surface area (Å²) in [5, 5.41) is 11.6. The zero-order valence-corrected chi connectivity index (χ0v) is 8.89. The molecule has 74 valence electrons. The normalized spacial score (nSPS) is 12.3. The van der Waals surface area contributed by atoms with Gasteiger partial charge in [-0.05, 0) is 26.0 Å². The van der Waals surface area contributed by atoms with Crippen molar-refractivity contribution < 1.29 is 5.11 Å². The van der Waals surface area contributed by atoms with Crippen molar-refractivity contribution in [3.8, 4) is 0 Å². The Bertz CT molecular complexity index is 468. The van der Waals surface area contributed by atoms with Crippen LogP contribution in [0.4, 0.5) is 0 Å². The lowest BCUT2D eigenvalue weighted by atomic mass is 9.96. The molecule has 0 saturated heterocycles. The first-order valence-electron chi connectivity index (χ1n) is 4.48. The van der Waals surface area contributed by atoms with E-state index in [2.05, 4.69) is 4.98 Å². The Morgan fingerprint density at radius 2 is 2.00 bits per heavy atom. The zero-order valence-electron chi connectivity index (χ0n) is 8.13. The van der Waals surface area contributed by atoms with Crippen molar-refractivity contribution in [3.63, 3.8) is 0 Å². The molecule has 2 nitrogen and oxygen atoms in total. The molecule has 0 bridgehead atoms. The van der Waals surface area contributed by atoms with Crippen LogP contribution in [-0.4, -0.2) is 10.1 Å². The lowest BCUT2D eigenvalue weighted by Gasteiger charge is -2.18. The minimum atomic E-state index is -0.853. The summed E-state index contributed by atoms with van der Waals surface area (Å²) >= 11 is 6.02. The van der Waals surface area contributed by atoms with E-state index in [1.165, 1.54) is 0 Å². The van der Waals surface area contributed by atoms with Crippen molar-refractivity contribution in [2.75, 3.05) is 0 Å². The van der Waals surface area contributed by atoms with Gasteiger partial charge in [0.2, 0.25) is 0 Å². The molecule has 14 heavy (non-hydrogen) atoms. The van der Waals surface area contributed by atoms with Crippen LogP contribution in [0.3, 0.4) is 0 Å². The molecule has 1 aromatic heterocycles. The van der Waals surface area contributed by atoms with E-state index >= 15 is 0 Å². The topological polar surface area (TPSA) is 36.0 Å². The number of hydrogen-bond donors (Lipinski definition) is 2. The van der Waals surface area contributed by atoms with E-state index in [1.54, 1.807) is 13.8 Å². The van der Waals surface area contributed by atoms with Crippen molar-refractivity contribution in [2.24, 2.45) is 0 Å². The summed E-state index contributed by atoms with van der Waals surface area (Å²) in [4.78, 5) is 3.09. The standard InChI is InChI=1S/C11H12ClNO/c1-11(2,14)8-3-4-9(12)7-5-6-13-10(7)8/h3-6,13-14H,1-2H3. The highest BCUT2D eigenvalue weighted by Gasteiger charge is 2.20. The van der Waals surface area contributed by atoms with Crippen molar-refractivity contribution in [3.05, 3.63) is 35.0 Å². The van der Waals surface area contributed by atoms with Crippen LogP contribution in [0.15, 0.2) is 24.4 Å². The second-order valence-corrected chi connectivity index (χ2v) is 4.33. The summed E-state index contributed by atoms with van der Waals surface area (Å²) in [5.41, 5.74) is 0.917. The van der Waals surface area contributed by atoms with Gasteiger partial charge < -0.3 is 10.1 Å². The fourth-order valence-corrected chi connectivity index (χ4v) is 1.85. The molecule has 2 aromatic rings. The number of hydrogen-bond acceptors (Lipinski definition) is 1. The largest absolute Gasteiger partial charge is 0.386 e. The molecule has 0 atom stereocenters. The highest BCUT2D eigenvalue weighted by Crippen LogP contribution is 2.31. The molecule has 0 aliphatic heterocycles. The van der Waals surface area contributed by atoms with Crippen LogP contribution in [-0.2, 0) is 5.60 Å². The molecule has 0 fully saturated rings. The van der Waals surface area contributed by atoms with E-state index < -0.39 is 5.60 Å². The summed E-state index contributed by atoms with van der Waals surface area (Å²) in [7, 11) is 0. The maximum atomic E-state index is 9.93. The van der Waals surface area contributed by atoms with E-state index in [4.69, 9.17) is 11.6 Å². The van der Waals surface area contributed by atoms with E-state index in [0.717, 1.165) is 16.5 Å². The third-order valence-electron chi connectivity index (χ3n) is 2.33. The first-order valence-corrected chi connectivity index (χ1v) is 4.86. The molecule has 0 aliphatic carbocycles. The monoisotopic (exact) mass is 209 g/mol.